The monoisotopic (exact) mass is 406 g/mol. The first-order chi connectivity index (χ1) is 10.2. The van der Waals surface area contributed by atoms with Gasteiger partial charge in [-0.25, -0.2) is 0 Å². The summed E-state index contributed by atoms with van der Waals surface area (Å²) in [6.07, 6.45) is 9.78. The average molecular weight is 405 g/mol. The second-order valence-electron chi connectivity index (χ2n) is 5.39. The van der Waals surface area contributed by atoms with Gasteiger partial charge >= 0.3 is 141 Å². The van der Waals surface area contributed by atoms with Gasteiger partial charge in [0.25, 0.3) is 0 Å². The van der Waals surface area contributed by atoms with E-state index in [1.807, 2.05) is 6.92 Å². The summed E-state index contributed by atoms with van der Waals surface area (Å²) in [6.45, 7) is 6.27. The molecule has 2 radical (unpaired) electrons. The zero-order valence-electron chi connectivity index (χ0n) is 13.8. The van der Waals surface area contributed by atoms with Crippen LogP contribution < -0.4 is 0 Å². The molecule has 0 aliphatic carbocycles. The summed E-state index contributed by atoms with van der Waals surface area (Å²) < 4.78 is 10.3. The maximum absolute atomic E-state index is 11.8. The number of carbonyl (C=O) groups is 2. The minimum absolute atomic E-state index is 0.0291. The van der Waals surface area contributed by atoms with E-state index >= 15 is 0 Å². The Morgan fingerprint density at radius 2 is 1.57 bits per heavy atom. The van der Waals surface area contributed by atoms with Crippen LogP contribution in [0.1, 0.15) is 85.0 Å². The topological polar surface area (TPSA) is 52.6 Å². The van der Waals surface area contributed by atoms with E-state index in [0.29, 0.717) is 6.42 Å². The molecule has 0 N–H and O–H groups in total. The predicted molar refractivity (Wildman–Crippen MR) is 84.6 cm³/mol. The summed E-state index contributed by atoms with van der Waals surface area (Å²) in [5.41, 5.74) is 0. The van der Waals surface area contributed by atoms with Crippen LogP contribution in [0, 0.1) is 5.92 Å². The zero-order valence-corrected chi connectivity index (χ0v) is 16.6. The standard InChI is InChI=1S/2C8H16O2.Sn/c1-3-5-6-7(4-2)8(9)10;1-2-3-4-5-6-7-8(9)10;/h7H,3-6H2,1-2H3,(H,9,10);2-7H2,1H3,(H,9,10);/q;;+2/p-2. The quantitative estimate of drug-likeness (QED) is 0.341. The van der Waals surface area contributed by atoms with Gasteiger partial charge in [-0.3, -0.25) is 0 Å². The number of unbranched alkanes of at least 4 members (excludes halogenated alkanes) is 5. The van der Waals surface area contributed by atoms with Gasteiger partial charge in [0.05, 0.1) is 0 Å². The number of hydrogen-bond donors (Lipinski definition) is 0. The van der Waals surface area contributed by atoms with Crippen molar-refractivity contribution in [2.24, 2.45) is 5.92 Å². The molecule has 0 rings (SSSR count). The van der Waals surface area contributed by atoms with Crippen LogP contribution in [0.15, 0.2) is 0 Å². The van der Waals surface area contributed by atoms with Crippen LogP contribution in [0.2, 0.25) is 0 Å². The van der Waals surface area contributed by atoms with Crippen molar-refractivity contribution in [2.75, 3.05) is 0 Å². The average Bonchev–Trinajstić information content (AvgIpc) is 2.48. The van der Waals surface area contributed by atoms with E-state index in [1.54, 1.807) is 0 Å². The van der Waals surface area contributed by atoms with E-state index in [2.05, 4.69) is 13.8 Å². The fraction of sp³-hybridized carbons (Fsp3) is 0.875. The van der Waals surface area contributed by atoms with Crippen molar-refractivity contribution >= 4 is 33.9 Å². The zero-order chi connectivity index (χ0) is 15.9. The molecule has 0 bridgehead atoms. The Kier molecular flexibility index (Phi) is 14.5. The van der Waals surface area contributed by atoms with E-state index in [0.717, 1.165) is 38.5 Å². The maximum atomic E-state index is 11.8. The molecule has 0 heterocycles. The van der Waals surface area contributed by atoms with Crippen LogP contribution in [-0.2, 0) is 15.7 Å². The molecule has 1 unspecified atom stereocenters. The first kappa shape index (κ1) is 20.7. The van der Waals surface area contributed by atoms with Crippen molar-refractivity contribution in [1.29, 1.82) is 0 Å². The molecular weight excluding hydrogens is 375 g/mol. The summed E-state index contributed by atoms with van der Waals surface area (Å²) in [4.78, 5) is 23.3. The van der Waals surface area contributed by atoms with E-state index in [4.69, 9.17) is 6.15 Å². The van der Waals surface area contributed by atoms with Crippen molar-refractivity contribution in [3.63, 3.8) is 0 Å². The van der Waals surface area contributed by atoms with Crippen molar-refractivity contribution in [2.45, 2.75) is 85.0 Å². The Labute approximate surface area is 140 Å². The fourth-order valence-corrected chi connectivity index (χ4v) is 3.44. The van der Waals surface area contributed by atoms with Crippen LogP contribution in [0.3, 0.4) is 0 Å². The second kappa shape index (κ2) is 14.7. The number of carbonyl (C=O) groups excluding carboxylic acids is 2. The molecule has 4 nitrogen and oxygen atoms in total. The molecule has 0 saturated heterocycles. The molecule has 0 saturated carbocycles. The second-order valence-corrected chi connectivity index (χ2v) is 7.03. The van der Waals surface area contributed by atoms with Gasteiger partial charge in [-0.15, -0.1) is 0 Å². The van der Waals surface area contributed by atoms with Crippen LogP contribution in [0.5, 0.6) is 0 Å². The molecule has 0 aromatic carbocycles. The molecule has 122 valence electrons. The first-order valence-corrected chi connectivity index (χ1v) is 10.6. The molecule has 5 heteroatoms. The Morgan fingerprint density at radius 1 is 0.905 bits per heavy atom. The van der Waals surface area contributed by atoms with Crippen molar-refractivity contribution in [3.8, 4) is 0 Å². The van der Waals surface area contributed by atoms with Gasteiger partial charge in [-0.2, -0.15) is 0 Å². The van der Waals surface area contributed by atoms with Crippen LogP contribution in [0.4, 0.5) is 0 Å². The Morgan fingerprint density at radius 3 is 2.19 bits per heavy atom. The van der Waals surface area contributed by atoms with Gasteiger partial charge < -0.3 is 0 Å². The Bertz CT molecular complexity index is 281. The Balaban J connectivity index is 3.66. The third kappa shape index (κ3) is 12.0. The van der Waals surface area contributed by atoms with Crippen molar-refractivity contribution < 1.29 is 15.7 Å². The SMILES string of the molecule is CCCCCCCC(=O)[O][Sn][O]C(=O)C(CC)CCCC. The molecule has 0 aromatic rings. The summed E-state index contributed by atoms with van der Waals surface area (Å²) in [5.74, 6) is -0.403. The first-order valence-electron chi connectivity index (χ1n) is 8.30. The van der Waals surface area contributed by atoms with Crippen LogP contribution in [0.25, 0.3) is 0 Å². The Hall–Kier alpha value is -0.261. The van der Waals surface area contributed by atoms with Crippen LogP contribution >= 0.6 is 0 Å². The molecule has 0 aromatic heterocycles. The predicted octanol–water partition coefficient (Wildman–Crippen LogP) is 4.18. The summed E-state index contributed by atoms with van der Waals surface area (Å²) >= 11 is -1.78. The molecule has 1 atom stereocenters. The van der Waals surface area contributed by atoms with Crippen molar-refractivity contribution in [1.82, 2.24) is 0 Å². The number of rotatable bonds is 13. The van der Waals surface area contributed by atoms with E-state index in [9.17, 15) is 9.59 Å². The van der Waals surface area contributed by atoms with Crippen LogP contribution in [-0.4, -0.2) is 33.9 Å². The van der Waals surface area contributed by atoms with Gasteiger partial charge in [-0.1, -0.05) is 0 Å². The summed E-state index contributed by atoms with van der Waals surface area (Å²) in [5, 5.41) is 0. The molecule has 0 aliphatic rings. The molecular formula is C16H30O4Sn. The minimum atomic E-state index is -1.78. The third-order valence-electron chi connectivity index (χ3n) is 3.51. The molecule has 0 amide bonds. The molecule has 0 fully saturated rings. The number of hydrogen-bond acceptors (Lipinski definition) is 4. The van der Waals surface area contributed by atoms with Gasteiger partial charge in [0.1, 0.15) is 0 Å². The van der Waals surface area contributed by atoms with E-state index in [1.165, 1.54) is 19.3 Å². The van der Waals surface area contributed by atoms with Gasteiger partial charge in [-0.05, 0) is 0 Å². The molecule has 0 aliphatic heterocycles. The van der Waals surface area contributed by atoms with Crippen molar-refractivity contribution in [3.05, 3.63) is 0 Å². The normalized spacial score (nSPS) is 12.0. The summed E-state index contributed by atoms with van der Waals surface area (Å²) in [7, 11) is 0. The third-order valence-corrected chi connectivity index (χ3v) is 5.21. The van der Waals surface area contributed by atoms with E-state index in [-0.39, 0.29) is 17.9 Å². The van der Waals surface area contributed by atoms with E-state index < -0.39 is 22.0 Å². The van der Waals surface area contributed by atoms with Gasteiger partial charge in [0, 0.05) is 0 Å². The molecule has 0 spiro atoms. The van der Waals surface area contributed by atoms with Gasteiger partial charge in [0.2, 0.25) is 0 Å². The summed E-state index contributed by atoms with van der Waals surface area (Å²) in [6, 6.07) is 0. The van der Waals surface area contributed by atoms with Gasteiger partial charge in [0.15, 0.2) is 0 Å². The molecule has 21 heavy (non-hydrogen) atoms. The fourth-order valence-electron chi connectivity index (χ4n) is 2.05.